The van der Waals surface area contributed by atoms with Gasteiger partial charge in [-0.1, -0.05) is 68.3 Å². The Morgan fingerprint density at radius 1 is 0.515 bits per heavy atom. The van der Waals surface area contributed by atoms with Gasteiger partial charge in [0.25, 0.3) is 0 Å². The van der Waals surface area contributed by atoms with Crippen molar-refractivity contribution < 1.29 is 4.74 Å². The number of halogens is 2. The van der Waals surface area contributed by atoms with Gasteiger partial charge in [-0.15, -0.1) is 0 Å². The molecule has 33 heavy (non-hydrogen) atoms. The summed E-state index contributed by atoms with van der Waals surface area (Å²) in [4.78, 5) is 0. The molecular weight excluding hydrogens is 540 g/mol. The second-order valence-electron chi connectivity index (χ2n) is 8.27. The number of hydrogen-bond acceptors (Lipinski definition) is 1. The zero-order valence-corrected chi connectivity index (χ0v) is 21.1. The van der Waals surface area contributed by atoms with E-state index in [9.17, 15) is 0 Å². The molecule has 0 atom stereocenters. The Kier molecular flexibility index (Phi) is 5.49. The van der Waals surface area contributed by atoms with Crippen LogP contribution < -0.4 is 0 Å². The lowest BCUT2D eigenvalue weighted by Crippen LogP contribution is -2.10. The van der Waals surface area contributed by atoms with Gasteiger partial charge in [0.2, 0.25) is 0 Å². The SMILES string of the molecule is Brc1ccc2c(c1)c1cc(Br)ccc1n2CCOCCn1c2ccccc2c2ccccc21. The highest BCUT2D eigenvalue weighted by Gasteiger charge is 2.12. The first kappa shape index (κ1) is 21.0. The van der Waals surface area contributed by atoms with Crippen LogP contribution in [0.25, 0.3) is 43.6 Å². The zero-order chi connectivity index (χ0) is 22.4. The fourth-order valence-electron chi connectivity index (χ4n) is 4.95. The summed E-state index contributed by atoms with van der Waals surface area (Å²) < 4.78 is 13.1. The molecule has 164 valence electrons. The van der Waals surface area contributed by atoms with Crippen molar-refractivity contribution in [2.24, 2.45) is 0 Å². The van der Waals surface area contributed by atoms with E-state index in [1.54, 1.807) is 0 Å². The summed E-state index contributed by atoms with van der Waals surface area (Å²) in [7, 11) is 0. The molecule has 0 saturated carbocycles. The monoisotopic (exact) mass is 560 g/mol. The maximum Gasteiger partial charge on any atom is 0.0646 e. The largest absolute Gasteiger partial charge is 0.378 e. The lowest BCUT2D eigenvalue weighted by atomic mass is 10.2. The van der Waals surface area contributed by atoms with Crippen molar-refractivity contribution in [2.75, 3.05) is 13.2 Å². The molecular formula is C28H22Br2N2O. The second kappa shape index (κ2) is 8.64. The van der Waals surface area contributed by atoms with Crippen molar-refractivity contribution in [3.8, 4) is 0 Å². The summed E-state index contributed by atoms with van der Waals surface area (Å²) in [6, 6.07) is 30.2. The number of rotatable bonds is 6. The molecule has 0 aliphatic heterocycles. The first-order valence-electron chi connectivity index (χ1n) is 11.1. The van der Waals surface area contributed by atoms with Crippen molar-refractivity contribution in [2.45, 2.75) is 13.1 Å². The van der Waals surface area contributed by atoms with Gasteiger partial charge < -0.3 is 13.9 Å². The highest BCUT2D eigenvalue weighted by atomic mass is 79.9. The van der Waals surface area contributed by atoms with Gasteiger partial charge in [0, 0.05) is 65.6 Å². The van der Waals surface area contributed by atoms with E-state index >= 15 is 0 Å². The predicted molar refractivity (Wildman–Crippen MR) is 145 cm³/mol. The van der Waals surface area contributed by atoms with Crippen molar-refractivity contribution in [1.29, 1.82) is 0 Å². The molecule has 2 heterocycles. The van der Waals surface area contributed by atoms with E-state index in [0.29, 0.717) is 13.2 Å². The summed E-state index contributed by atoms with van der Waals surface area (Å²) >= 11 is 7.25. The van der Waals surface area contributed by atoms with E-state index in [4.69, 9.17) is 4.74 Å². The van der Waals surface area contributed by atoms with Crippen LogP contribution >= 0.6 is 31.9 Å². The molecule has 0 amide bonds. The Bertz CT molecular complexity index is 1520. The van der Waals surface area contributed by atoms with Crippen LogP contribution in [0, 0.1) is 0 Å². The Labute approximate surface area is 208 Å². The third kappa shape index (κ3) is 3.68. The van der Waals surface area contributed by atoms with Crippen LogP contribution in [-0.4, -0.2) is 22.3 Å². The number of aromatic nitrogens is 2. The molecule has 4 aromatic carbocycles. The van der Waals surface area contributed by atoms with Gasteiger partial charge in [-0.3, -0.25) is 0 Å². The van der Waals surface area contributed by atoms with Crippen LogP contribution in [-0.2, 0) is 17.8 Å². The Morgan fingerprint density at radius 2 is 0.939 bits per heavy atom. The van der Waals surface area contributed by atoms with Crippen LogP contribution in [0.15, 0.2) is 93.9 Å². The third-order valence-corrected chi connectivity index (χ3v) is 7.37. The second-order valence-corrected chi connectivity index (χ2v) is 10.1. The molecule has 0 unspecified atom stereocenters. The molecule has 0 radical (unpaired) electrons. The van der Waals surface area contributed by atoms with Crippen LogP contribution in [0.2, 0.25) is 0 Å². The molecule has 6 rings (SSSR count). The smallest absolute Gasteiger partial charge is 0.0646 e. The standard InChI is InChI=1S/C28H22Br2N2O/c29-19-9-11-27-23(17-19)24-18-20(30)10-12-28(24)32(27)14-16-33-15-13-31-25-7-3-1-5-21(25)22-6-2-4-8-26(22)31/h1-12,17-18H,13-16H2. The molecule has 0 aliphatic rings. The molecule has 0 N–H and O–H groups in total. The van der Waals surface area contributed by atoms with Gasteiger partial charge >= 0.3 is 0 Å². The van der Waals surface area contributed by atoms with Crippen LogP contribution in [0.5, 0.6) is 0 Å². The highest BCUT2D eigenvalue weighted by molar-refractivity contribution is 9.10. The van der Waals surface area contributed by atoms with E-state index in [1.165, 1.54) is 43.6 Å². The van der Waals surface area contributed by atoms with Crippen molar-refractivity contribution >= 4 is 75.5 Å². The van der Waals surface area contributed by atoms with E-state index in [-0.39, 0.29) is 0 Å². The van der Waals surface area contributed by atoms with Gasteiger partial charge in [-0.25, -0.2) is 0 Å². The molecule has 0 fully saturated rings. The van der Waals surface area contributed by atoms with Gasteiger partial charge in [0.1, 0.15) is 0 Å². The maximum atomic E-state index is 6.16. The summed E-state index contributed by atoms with van der Waals surface area (Å²) in [6.07, 6.45) is 0. The van der Waals surface area contributed by atoms with Gasteiger partial charge in [0.05, 0.1) is 13.2 Å². The number of fused-ring (bicyclic) bond motifs is 6. The fourth-order valence-corrected chi connectivity index (χ4v) is 5.67. The Balaban J connectivity index is 1.22. The molecule has 2 aromatic heterocycles. The summed E-state index contributed by atoms with van der Waals surface area (Å²) in [5.41, 5.74) is 5.00. The molecule has 6 aromatic rings. The average molecular weight is 562 g/mol. The van der Waals surface area contributed by atoms with E-state index in [2.05, 4.69) is 126 Å². The Hall–Kier alpha value is -2.60. The van der Waals surface area contributed by atoms with Gasteiger partial charge in [-0.2, -0.15) is 0 Å². The molecule has 0 bridgehead atoms. The average Bonchev–Trinajstić information content (AvgIpc) is 3.31. The topological polar surface area (TPSA) is 19.1 Å². The zero-order valence-electron chi connectivity index (χ0n) is 18.0. The first-order valence-corrected chi connectivity index (χ1v) is 12.7. The van der Waals surface area contributed by atoms with Crippen molar-refractivity contribution in [3.63, 3.8) is 0 Å². The number of para-hydroxylation sites is 2. The fraction of sp³-hybridized carbons (Fsp3) is 0.143. The number of ether oxygens (including phenoxy) is 1. The van der Waals surface area contributed by atoms with E-state index in [0.717, 1.165) is 22.0 Å². The highest BCUT2D eigenvalue weighted by Crippen LogP contribution is 2.33. The van der Waals surface area contributed by atoms with Crippen LogP contribution in [0.3, 0.4) is 0 Å². The molecule has 0 saturated heterocycles. The molecule has 3 nitrogen and oxygen atoms in total. The van der Waals surface area contributed by atoms with Gasteiger partial charge in [-0.05, 0) is 48.5 Å². The minimum absolute atomic E-state index is 0.669. The van der Waals surface area contributed by atoms with Gasteiger partial charge in [0.15, 0.2) is 0 Å². The molecule has 0 aliphatic carbocycles. The van der Waals surface area contributed by atoms with Crippen molar-refractivity contribution in [3.05, 3.63) is 93.9 Å². The summed E-state index contributed by atoms with van der Waals surface area (Å²) in [5.74, 6) is 0. The van der Waals surface area contributed by atoms with Crippen LogP contribution in [0.4, 0.5) is 0 Å². The lowest BCUT2D eigenvalue weighted by Gasteiger charge is -2.11. The minimum Gasteiger partial charge on any atom is -0.378 e. The maximum absolute atomic E-state index is 6.16. The number of benzene rings is 4. The van der Waals surface area contributed by atoms with Crippen LogP contribution in [0.1, 0.15) is 0 Å². The quantitative estimate of drug-likeness (QED) is 0.188. The van der Waals surface area contributed by atoms with Crippen molar-refractivity contribution in [1.82, 2.24) is 9.13 Å². The molecule has 5 heteroatoms. The lowest BCUT2D eigenvalue weighted by molar-refractivity contribution is 0.121. The van der Waals surface area contributed by atoms with E-state index < -0.39 is 0 Å². The minimum atomic E-state index is 0.669. The van der Waals surface area contributed by atoms with E-state index in [1.807, 2.05) is 0 Å². The summed E-state index contributed by atoms with van der Waals surface area (Å²) in [6.45, 7) is 3.00. The Morgan fingerprint density at radius 3 is 1.42 bits per heavy atom. The normalized spacial score (nSPS) is 11.9. The third-order valence-electron chi connectivity index (χ3n) is 6.39. The number of hydrogen-bond donors (Lipinski definition) is 0. The molecule has 0 spiro atoms. The first-order chi connectivity index (χ1) is 16.2. The number of nitrogens with zero attached hydrogens (tertiary/aromatic N) is 2. The summed E-state index contributed by atoms with van der Waals surface area (Å²) in [5, 5.41) is 5.11. The predicted octanol–water partition coefficient (Wildman–Crippen LogP) is 8.14.